The van der Waals surface area contributed by atoms with Crippen LogP contribution in [0.3, 0.4) is 0 Å². The van der Waals surface area contributed by atoms with E-state index in [2.05, 4.69) is 10.3 Å². The van der Waals surface area contributed by atoms with Crippen molar-refractivity contribution in [3.8, 4) is 11.3 Å². The molecule has 0 unspecified atom stereocenters. The molecule has 9 heteroatoms. The summed E-state index contributed by atoms with van der Waals surface area (Å²) in [6, 6.07) is 3.56. The van der Waals surface area contributed by atoms with Gasteiger partial charge in [0.1, 0.15) is 0 Å². The van der Waals surface area contributed by atoms with Gasteiger partial charge in [-0.1, -0.05) is 11.3 Å². The van der Waals surface area contributed by atoms with Crippen molar-refractivity contribution >= 4 is 33.7 Å². The molecule has 3 aromatic rings. The third-order valence-electron chi connectivity index (χ3n) is 3.77. The number of nitrogens with one attached hydrogen (secondary N) is 1. The van der Waals surface area contributed by atoms with Gasteiger partial charge in [-0.15, -0.1) is 11.3 Å². The standard InChI is InChI=1S/C17H15F2N3O2S2/c1-9-8-25-17(24)22(9)6-5-14(23)20-16-21-15(10(2)26-16)11-3-4-12(18)13(19)7-11/h3-4,7-8H,5-6H2,1-2H3,(H,20,21,23). The quantitative estimate of drug-likeness (QED) is 0.711. The number of anilines is 1. The number of aryl methyl sites for hydroxylation is 2. The predicted octanol–water partition coefficient (Wildman–Crippen LogP) is 3.96. The number of rotatable bonds is 5. The second-order valence-corrected chi connectivity index (χ2v) is 7.67. The Hall–Kier alpha value is -2.39. The lowest BCUT2D eigenvalue weighted by atomic mass is 10.1. The fraction of sp³-hybridized carbons (Fsp3) is 0.235. The topological polar surface area (TPSA) is 64.0 Å². The lowest BCUT2D eigenvalue weighted by molar-refractivity contribution is -0.116. The Morgan fingerprint density at radius 1 is 1.27 bits per heavy atom. The minimum Gasteiger partial charge on any atom is -0.303 e. The summed E-state index contributed by atoms with van der Waals surface area (Å²) in [6.07, 6.45) is 0.136. The van der Waals surface area contributed by atoms with Crippen molar-refractivity contribution in [3.05, 3.63) is 55.5 Å². The maximum atomic E-state index is 13.4. The molecule has 0 fully saturated rings. The van der Waals surface area contributed by atoms with E-state index in [1.807, 2.05) is 6.92 Å². The Balaban J connectivity index is 1.70. The van der Waals surface area contributed by atoms with Crippen LogP contribution >= 0.6 is 22.7 Å². The number of nitrogens with zero attached hydrogens (tertiary/aromatic N) is 2. The third kappa shape index (κ3) is 3.88. The van der Waals surface area contributed by atoms with Crippen LogP contribution in [0.2, 0.25) is 0 Å². The second-order valence-electron chi connectivity index (χ2n) is 5.65. The highest BCUT2D eigenvalue weighted by Gasteiger charge is 2.14. The second kappa shape index (κ2) is 7.46. The molecule has 0 radical (unpaired) electrons. The summed E-state index contributed by atoms with van der Waals surface area (Å²) in [4.78, 5) is 28.7. The minimum absolute atomic E-state index is 0.0963. The minimum atomic E-state index is -0.947. The number of aromatic nitrogens is 2. The Bertz CT molecular complexity index is 1020. The molecule has 0 aliphatic heterocycles. The van der Waals surface area contributed by atoms with Crippen LogP contribution < -0.4 is 10.2 Å². The van der Waals surface area contributed by atoms with Gasteiger partial charge in [-0.2, -0.15) is 0 Å². The zero-order valence-electron chi connectivity index (χ0n) is 14.0. The first kappa shape index (κ1) is 18.4. The maximum absolute atomic E-state index is 13.4. The van der Waals surface area contributed by atoms with E-state index in [-0.39, 0.29) is 17.2 Å². The average Bonchev–Trinajstić information content (AvgIpc) is 3.10. The molecule has 5 nitrogen and oxygen atoms in total. The summed E-state index contributed by atoms with van der Waals surface area (Å²) in [5.41, 5.74) is 1.76. The lowest BCUT2D eigenvalue weighted by Gasteiger charge is -2.04. The molecule has 1 amide bonds. The van der Waals surface area contributed by atoms with Crippen molar-refractivity contribution in [3.63, 3.8) is 0 Å². The van der Waals surface area contributed by atoms with E-state index in [1.165, 1.54) is 17.4 Å². The van der Waals surface area contributed by atoms with Gasteiger partial charge in [0, 0.05) is 34.5 Å². The molecular formula is C17H15F2N3O2S2. The molecule has 2 heterocycles. The molecule has 0 bridgehead atoms. The van der Waals surface area contributed by atoms with E-state index in [9.17, 15) is 18.4 Å². The molecule has 0 saturated heterocycles. The fourth-order valence-corrected chi connectivity index (χ4v) is 4.04. The normalized spacial score (nSPS) is 10.9. The monoisotopic (exact) mass is 395 g/mol. The van der Waals surface area contributed by atoms with Crippen LogP contribution in [0.1, 0.15) is 17.0 Å². The lowest BCUT2D eigenvalue weighted by Crippen LogP contribution is -2.20. The van der Waals surface area contributed by atoms with Gasteiger partial charge in [-0.25, -0.2) is 13.8 Å². The summed E-state index contributed by atoms with van der Waals surface area (Å²) in [5, 5.41) is 4.81. The molecule has 0 aliphatic carbocycles. The Morgan fingerprint density at radius 2 is 2.04 bits per heavy atom. The summed E-state index contributed by atoms with van der Waals surface area (Å²) in [7, 11) is 0. The number of halogens is 2. The van der Waals surface area contributed by atoms with Crippen molar-refractivity contribution < 1.29 is 13.6 Å². The first-order valence-corrected chi connectivity index (χ1v) is 9.42. The van der Waals surface area contributed by atoms with Gasteiger partial charge in [0.2, 0.25) is 5.91 Å². The highest BCUT2D eigenvalue weighted by molar-refractivity contribution is 7.16. The number of hydrogen-bond donors (Lipinski definition) is 1. The van der Waals surface area contributed by atoms with Crippen LogP contribution in [0.25, 0.3) is 11.3 Å². The van der Waals surface area contributed by atoms with Gasteiger partial charge >= 0.3 is 4.87 Å². The zero-order valence-corrected chi connectivity index (χ0v) is 15.6. The van der Waals surface area contributed by atoms with Crippen molar-refractivity contribution in [2.24, 2.45) is 0 Å². The Kier molecular flexibility index (Phi) is 5.28. The number of carbonyl (C=O) groups is 1. The first-order valence-electron chi connectivity index (χ1n) is 7.73. The van der Waals surface area contributed by atoms with E-state index in [0.717, 1.165) is 34.0 Å². The zero-order chi connectivity index (χ0) is 18.8. The predicted molar refractivity (Wildman–Crippen MR) is 98.8 cm³/mol. The van der Waals surface area contributed by atoms with E-state index in [1.54, 1.807) is 16.9 Å². The first-order chi connectivity index (χ1) is 12.3. The van der Waals surface area contributed by atoms with Crippen LogP contribution in [0.4, 0.5) is 13.9 Å². The van der Waals surface area contributed by atoms with Gasteiger partial charge < -0.3 is 9.88 Å². The van der Waals surface area contributed by atoms with Gasteiger partial charge in [-0.05, 0) is 32.0 Å². The van der Waals surface area contributed by atoms with Crippen LogP contribution in [0, 0.1) is 25.5 Å². The summed E-state index contributed by atoms with van der Waals surface area (Å²) in [5.74, 6) is -2.14. The van der Waals surface area contributed by atoms with Gasteiger partial charge in [0.15, 0.2) is 16.8 Å². The molecular weight excluding hydrogens is 380 g/mol. The number of amides is 1. The van der Waals surface area contributed by atoms with E-state index < -0.39 is 11.6 Å². The molecule has 1 N–H and O–H groups in total. The highest BCUT2D eigenvalue weighted by Crippen LogP contribution is 2.31. The van der Waals surface area contributed by atoms with E-state index >= 15 is 0 Å². The Morgan fingerprint density at radius 3 is 2.69 bits per heavy atom. The average molecular weight is 395 g/mol. The molecule has 26 heavy (non-hydrogen) atoms. The van der Waals surface area contributed by atoms with Crippen molar-refractivity contribution in [1.82, 2.24) is 9.55 Å². The highest BCUT2D eigenvalue weighted by atomic mass is 32.1. The number of benzene rings is 1. The molecule has 3 rings (SSSR count). The van der Waals surface area contributed by atoms with Crippen molar-refractivity contribution in [2.45, 2.75) is 26.8 Å². The third-order valence-corrected chi connectivity index (χ3v) is 5.54. The smallest absolute Gasteiger partial charge is 0.303 e. The van der Waals surface area contributed by atoms with Crippen molar-refractivity contribution in [2.75, 3.05) is 5.32 Å². The van der Waals surface area contributed by atoms with Crippen molar-refractivity contribution in [1.29, 1.82) is 0 Å². The maximum Gasteiger partial charge on any atom is 0.307 e. The summed E-state index contributed by atoms with van der Waals surface area (Å²) >= 11 is 2.35. The van der Waals surface area contributed by atoms with Gasteiger partial charge in [0.05, 0.1) is 5.69 Å². The van der Waals surface area contributed by atoms with Crippen LogP contribution in [-0.4, -0.2) is 15.5 Å². The fourth-order valence-electron chi connectivity index (χ4n) is 2.43. The molecule has 136 valence electrons. The van der Waals surface area contributed by atoms with Gasteiger partial charge in [0.25, 0.3) is 0 Å². The number of carbonyl (C=O) groups excluding carboxylic acids is 1. The molecule has 0 spiro atoms. The molecule has 0 saturated carbocycles. The summed E-state index contributed by atoms with van der Waals surface area (Å²) in [6.45, 7) is 3.90. The van der Waals surface area contributed by atoms with Crippen LogP contribution in [0.15, 0.2) is 28.4 Å². The summed E-state index contributed by atoms with van der Waals surface area (Å²) < 4.78 is 28.0. The van der Waals surface area contributed by atoms with E-state index in [4.69, 9.17) is 0 Å². The van der Waals surface area contributed by atoms with E-state index in [0.29, 0.717) is 22.9 Å². The number of hydrogen-bond acceptors (Lipinski definition) is 5. The molecule has 2 aromatic heterocycles. The molecule has 1 aromatic carbocycles. The number of thiazole rings is 2. The van der Waals surface area contributed by atoms with Crippen LogP contribution in [-0.2, 0) is 11.3 Å². The largest absolute Gasteiger partial charge is 0.307 e. The van der Waals surface area contributed by atoms with Gasteiger partial charge in [-0.3, -0.25) is 9.59 Å². The van der Waals surface area contributed by atoms with Crippen LogP contribution in [0.5, 0.6) is 0 Å². The Labute approximate surface area is 156 Å². The molecule has 0 atom stereocenters. The molecule has 0 aliphatic rings. The SMILES string of the molecule is Cc1sc(NC(=O)CCn2c(C)csc2=O)nc1-c1ccc(F)c(F)c1.